The molecule has 27 heavy (non-hydrogen) atoms. The van der Waals surface area contributed by atoms with Crippen LogP contribution >= 0.6 is 24.0 Å². The third-order valence-electron chi connectivity index (χ3n) is 5.17. The molecule has 2 atom stereocenters. The first-order chi connectivity index (χ1) is 12.4. The molecule has 2 heterocycles. The maximum Gasteiger partial charge on any atom is 0.401 e. The second-order valence-corrected chi connectivity index (χ2v) is 7.48. The molecule has 0 radical (unpaired) electrons. The van der Waals surface area contributed by atoms with Crippen LogP contribution in [0.5, 0.6) is 0 Å². The molecule has 2 rings (SSSR count). The van der Waals surface area contributed by atoms with Crippen molar-refractivity contribution in [2.45, 2.75) is 64.2 Å². The zero-order valence-electron chi connectivity index (χ0n) is 16.5. The van der Waals surface area contributed by atoms with Crippen molar-refractivity contribution in [1.82, 2.24) is 20.4 Å². The number of hydrogen-bond donors (Lipinski definition) is 2. The van der Waals surface area contributed by atoms with Crippen LogP contribution in [0, 0.1) is 0 Å². The number of alkyl halides is 3. The molecule has 2 unspecified atom stereocenters. The third kappa shape index (κ3) is 9.65. The molecule has 9 heteroatoms. The van der Waals surface area contributed by atoms with Gasteiger partial charge in [-0.05, 0) is 46.1 Å². The summed E-state index contributed by atoms with van der Waals surface area (Å²) in [6.45, 7) is 8.07. The van der Waals surface area contributed by atoms with Crippen LogP contribution in [0.1, 0.15) is 46.0 Å². The second kappa shape index (κ2) is 12.3. The van der Waals surface area contributed by atoms with E-state index in [2.05, 4.69) is 27.4 Å². The van der Waals surface area contributed by atoms with E-state index in [0.717, 1.165) is 32.0 Å². The molecule has 2 saturated heterocycles. The molecule has 2 aliphatic rings. The average molecular weight is 505 g/mol. The molecule has 0 saturated carbocycles. The van der Waals surface area contributed by atoms with Gasteiger partial charge >= 0.3 is 6.18 Å². The largest absolute Gasteiger partial charge is 0.401 e. The molecule has 2 aliphatic heterocycles. The van der Waals surface area contributed by atoms with E-state index >= 15 is 0 Å². The van der Waals surface area contributed by atoms with Crippen LogP contribution in [0.15, 0.2) is 4.99 Å². The Morgan fingerprint density at radius 3 is 2.63 bits per heavy atom. The number of hydrogen-bond acceptors (Lipinski definition) is 3. The van der Waals surface area contributed by atoms with Crippen LogP contribution < -0.4 is 10.6 Å². The number of halogens is 4. The van der Waals surface area contributed by atoms with Crippen LogP contribution in [0.25, 0.3) is 0 Å². The first-order valence-corrected chi connectivity index (χ1v) is 9.95. The quantitative estimate of drug-likeness (QED) is 0.242. The number of nitrogens with zero attached hydrogens (tertiary/aromatic N) is 3. The van der Waals surface area contributed by atoms with Gasteiger partial charge in [0.25, 0.3) is 0 Å². The number of guanidine groups is 1. The standard InChI is InChI=1S/C18H34F3N5.HI/c1-3-22-17(23-9-6-11-26-10-5-4-7-15(26)2)24-16-8-12-25(13-16)14-18(19,20)21;/h15-16H,3-14H2,1-2H3,(H2,22,23,24);1H. The monoisotopic (exact) mass is 505 g/mol. The number of piperidine rings is 1. The lowest BCUT2D eigenvalue weighted by atomic mass is 10.0. The van der Waals surface area contributed by atoms with E-state index in [1.807, 2.05) is 6.92 Å². The van der Waals surface area contributed by atoms with Gasteiger partial charge in [-0.2, -0.15) is 13.2 Å². The Balaban J connectivity index is 0.00000364. The Bertz CT molecular complexity index is 447. The summed E-state index contributed by atoms with van der Waals surface area (Å²) < 4.78 is 37.5. The Morgan fingerprint density at radius 2 is 1.96 bits per heavy atom. The molecule has 0 aromatic carbocycles. The molecule has 0 aromatic heterocycles. The minimum absolute atomic E-state index is 0. The molecule has 5 nitrogen and oxygen atoms in total. The van der Waals surface area contributed by atoms with Gasteiger partial charge in [-0.15, -0.1) is 24.0 Å². The van der Waals surface area contributed by atoms with Crippen LogP contribution in [0.3, 0.4) is 0 Å². The van der Waals surface area contributed by atoms with Crippen molar-refractivity contribution < 1.29 is 13.2 Å². The summed E-state index contributed by atoms with van der Waals surface area (Å²) in [6, 6.07) is 0.689. The van der Waals surface area contributed by atoms with E-state index in [1.165, 1.54) is 30.7 Å². The highest BCUT2D eigenvalue weighted by molar-refractivity contribution is 14.0. The predicted molar refractivity (Wildman–Crippen MR) is 115 cm³/mol. The third-order valence-corrected chi connectivity index (χ3v) is 5.17. The second-order valence-electron chi connectivity index (χ2n) is 7.48. The normalized spacial score (nSPS) is 25.3. The Kier molecular flexibility index (Phi) is 11.3. The molecule has 0 aromatic rings. The highest BCUT2D eigenvalue weighted by Crippen LogP contribution is 2.20. The fraction of sp³-hybridized carbons (Fsp3) is 0.944. The van der Waals surface area contributed by atoms with Crippen LogP contribution in [-0.2, 0) is 0 Å². The van der Waals surface area contributed by atoms with Crippen molar-refractivity contribution in [2.75, 3.05) is 45.8 Å². The SMILES string of the molecule is CCNC(=NCCCN1CCCCC1C)NC1CCN(CC(F)(F)F)C1.I. The van der Waals surface area contributed by atoms with E-state index in [4.69, 9.17) is 0 Å². The highest BCUT2D eigenvalue weighted by atomic mass is 127. The first-order valence-electron chi connectivity index (χ1n) is 9.95. The summed E-state index contributed by atoms with van der Waals surface area (Å²) in [5, 5.41) is 6.50. The van der Waals surface area contributed by atoms with Gasteiger partial charge in [0.15, 0.2) is 5.96 Å². The van der Waals surface area contributed by atoms with Gasteiger partial charge in [-0.3, -0.25) is 9.89 Å². The fourth-order valence-electron chi connectivity index (χ4n) is 3.82. The summed E-state index contributed by atoms with van der Waals surface area (Å²) in [5.41, 5.74) is 0. The average Bonchev–Trinajstić information content (AvgIpc) is 2.98. The van der Waals surface area contributed by atoms with Crippen LogP contribution in [0.4, 0.5) is 13.2 Å². The van der Waals surface area contributed by atoms with Gasteiger partial charge in [0.2, 0.25) is 0 Å². The molecule has 0 bridgehead atoms. The van der Waals surface area contributed by atoms with E-state index in [9.17, 15) is 13.2 Å². The highest BCUT2D eigenvalue weighted by Gasteiger charge is 2.34. The van der Waals surface area contributed by atoms with Gasteiger partial charge in [-0.1, -0.05) is 6.42 Å². The molecule has 0 aliphatic carbocycles. The molecule has 0 spiro atoms. The Morgan fingerprint density at radius 1 is 1.19 bits per heavy atom. The van der Waals surface area contributed by atoms with Crippen molar-refractivity contribution in [3.63, 3.8) is 0 Å². The fourth-order valence-corrected chi connectivity index (χ4v) is 3.82. The maximum atomic E-state index is 12.5. The topological polar surface area (TPSA) is 42.9 Å². The van der Waals surface area contributed by atoms with Crippen molar-refractivity contribution >= 4 is 29.9 Å². The van der Waals surface area contributed by atoms with E-state index in [-0.39, 0.29) is 30.0 Å². The van der Waals surface area contributed by atoms with Gasteiger partial charge in [0.05, 0.1) is 6.54 Å². The molecular weight excluding hydrogens is 470 g/mol. The molecule has 2 N–H and O–H groups in total. The first kappa shape index (κ1) is 24.7. The smallest absolute Gasteiger partial charge is 0.357 e. The summed E-state index contributed by atoms with van der Waals surface area (Å²) in [7, 11) is 0. The lowest BCUT2D eigenvalue weighted by molar-refractivity contribution is -0.143. The maximum absolute atomic E-state index is 12.5. The number of likely N-dealkylation sites (tertiary alicyclic amines) is 2. The van der Waals surface area contributed by atoms with Gasteiger partial charge in [0, 0.05) is 44.8 Å². The lowest BCUT2D eigenvalue weighted by Crippen LogP contribution is -2.45. The van der Waals surface area contributed by atoms with E-state index in [1.54, 1.807) is 0 Å². The summed E-state index contributed by atoms with van der Waals surface area (Å²) >= 11 is 0. The molecule has 160 valence electrons. The van der Waals surface area contributed by atoms with Crippen LogP contribution in [0.2, 0.25) is 0 Å². The number of nitrogens with one attached hydrogen (secondary N) is 2. The van der Waals surface area contributed by atoms with Crippen molar-refractivity contribution in [1.29, 1.82) is 0 Å². The molecular formula is C18H35F3IN5. The lowest BCUT2D eigenvalue weighted by Gasteiger charge is -2.33. The van der Waals surface area contributed by atoms with Gasteiger partial charge in [0.1, 0.15) is 0 Å². The molecule has 0 amide bonds. The van der Waals surface area contributed by atoms with Crippen molar-refractivity contribution in [2.24, 2.45) is 4.99 Å². The Labute approximate surface area is 178 Å². The molecule has 2 fully saturated rings. The summed E-state index contributed by atoms with van der Waals surface area (Å²) in [6.07, 6.45) is 1.49. The van der Waals surface area contributed by atoms with Crippen molar-refractivity contribution in [3.05, 3.63) is 0 Å². The van der Waals surface area contributed by atoms with E-state index < -0.39 is 12.7 Å². The zero-order chi connectivity index (χ0) is 19.0. The van der Waals surface area contributed by atoms with E-state index in [0.29, 0.717) is 25.6 Å². The minimum atomic E-state index is -4.13. The zero-order valence-corrected chi connectivity index (χ0v) is 18.9. The minimum Gasteiger partial charge on any atom is -0.357 e. The number of rotatable bonds is 7. The summed E-state index contributed by atoms with van der Waals surface area (Å²) in [5.74, 6) is 0.720. The summed E-state index contributed by atoms with van der Waals surface area (Å²) in [4.78, 5) is 8.60. The Hall–Kier alpha value is -0.290. The van der Waals surface area contributed by atoms with Gasteiger partial charge in [-0.25, -0.2) is 0 Å². The number of aliphatic imine (C=N–C) groups is 1. The van der Waals surface area contributed by atoms with Crippen molar-refractivity contribution in [3.8, 4) is 0 Å². The van der Waals surface area contributed by atoms with Crippen LogP contribution in [-0.4, -0.2) is 79.8 Å². The van der Waals surface area contributed by atoms with Gasteiger partial charge < -0.3 is 15.5 Å². The predicted octanol–water partition coefficient (Wildman–Crippen LogP) is 3.06.